The molecule has 0 fully saturated rings. The maximum Gasteiger partial charge on any atom is 0.0121 e. The zero-order chi connectivity index (χ0) is 17.0. The Morgan fingerprint density at radius 1 is 0.818 bits per heavy atom. The van der Waals surface area contributed by atoms with E-state index in [4.69, 9.17) is 0 Å². The van der Waals surface area contributed by atoms with Gasteiger partial charge in [-0.05, 0) is 51.2 Å². The first kappa shape index (κ1) is 21.9. The van der Waals surface area contributed by atoms with Gasteiger partial charge in [0.25, 0.3) is 0 Å². The van der Waals surface area contributed by atoms with Crippen molar-refractivity contribution in [3.05, 3.63) is 0 Å². The lowest BCUT2D eigenvalue weighted by molar-refractivity contribution is 0.196. The first-order chi connectivity index (χ1) is 10.6. The Morgan fingerprint density at radius 3 is 1.77 bits per heavy atom. The van der Waals surface area contributed by atoms with E-state index in [0.717, 1.165) is 17.8 Å². The van der Waals surface area contributed by atoms with E-state index in [0.29, 0.717) is 6.04 Å². The second kappa shape index (κ2) is 13.4. The molecular weight excluding hydrogens is 268 g/mol. The second-order valence-electron chi connectivity index (χ2n) is 7.17. The van der Waals surface area contributed by atoms with Gasteiger partial charge in [-0.15, -0.1) is 0 Å². The minimum atomic E-state index is 0.691. The second-order valence-corrected chi connectivity index (χ2v) is 7.17. The van der Waals surface area contributed by atoms with Gasteiger partial charge in [-0.2, -0.15) is 0 Å². The van der Waals surface area contributed by atoms with E-state index in [-0.39, 0.29) is 0 Å². The third-order valence-electron chi connectivity index (χ3n) is 5.66. The minimum absolute atomic E-state index is 0.691. The van der Waals surface area contributed by atoms with Gasteiger partial charge >= 0.3 is 0 Å². The molecule has 0 aliphatic heterocycles. The topological polar surface area (TPSA) is 15.3 Å². The van der Waals surface area contributed by atoms with Crippen LogP contribution in [-0.2, 0) is 0 Å². The van der Waals surface area contributed by atoms with E-state index in [9.17, 15) is 0 Å². The number of hydrogen-bond donors (Lipinski definition) is 1. The van der Waals surface area contributed by atoms with Crippen molar-refractivity contribution in [2.45, 2.75) is 85.6 Å². The van der Waals surface area contributed by atoms with Crippen molar-refractivity contribution in [1.29, 1.82) is 0 Å². The van der Waals surface area contributed by atoms with Crippen LogP contribution in [0.5, 0.6) is 0 Å². The van der Waals surface area contributed by atoms with Crippen LogP contribution < -0.4 is 5.32 Å². The van der Waals surface area contributed by atoms with Crippen molar-refractivity contribution >= 4 is 0 Å². The van der Waals surface area contributed by atoms with Crippen molar-refractivity contribution in [3.8, 4) is 0 Å². The summed E-state index contributed by atoms with van der Waals surface area (Å²) in [5, 5.41) is 3.66. The number of hydrogen-bond acceptors (Lipinski definition) is 2. The lowest BCUT2D eigenvalue weighted by atomic mass is 9.81. The Bertz CT molecular complexity index is 238. The number of nitrogens with one attached hydrogen (secondary N) is 1. The van der Waals surface area contributed by atoms with Crippen LogP contribution in [-0.4, -0.2) is 38.1 Å². The van der Waals surface area contributed by atoms with Gasteiger partial charge in [0.1, 0.15) is 0 Å². The average Bonchev–Trinajstić information content (AvgIpc) is 2.54. The van der Waals surface area contributed by atoms with Crippen LogP contribution >= 0.6 is 0 Å². The molecule has 22 heavy (non-hydrogen) atoms. The summed E-state index contributed by atoms with van der Waals surface area (Å²) in [5.74, 6) is 2.52. The largest absolute Gasteiger partial charge is 0.316 e. The van der Waals surface area contributed by atoms with Crippen molar-refractivity contribution in [1.82, 2.24) is 10.2 Å². The van der Waals surface area contributed by atoms with Crippen molar-refractivity contribution in [3.63, 3.8) is 0 Å². The van der Waals surface area contributed by atoms with E-state index >= 15 is 0 Å². The summed E-state index contributed by atoms with van der Waals surface area (Å²) in [6.45, 7) is 14.2. The fraction of sp³-hybridized carbons (Fsp3) is 1.00. The van der Waals surface area contributed by atoms with Crippen LogP contribution in [0.3, 0.4) is 0 Å². The first-order valence-electron chi connectivity index (χ1n) is 9.93. The van der Waals surface area contributed by atoms with Gasteiger partial charge in [0.05, 0.1) is 0 Å². The summed E-state index contributed by atoms with van der Waals surface area (Å²) in [5.41, 5.74) is 0. The van der Waals surface area contributed by atoms with E-state index in [1.165, 1.54) is 58.0 Å². The highest BCUT2D eigenvalue weighted by molar-refractivity contribution is 4.81. The molecule has 0 aromatic rings. The van der Waals surface area contributed by atoms with Crippen LogP contribution in [0, 0.1) is 17.8 Å². The molecule has 3 unspecified atom stereocenters. The molecule has 3 atom stereocenters. The molecule has 0 amide bonds. The van der Waals surface area contributed by atoms with E-state index in [2.05, 4.69) is 58.9 Å². The van der Waals surface area contributed by atoms with Crippen LogP contribution in [0.15, 0.2) is 0 Å². The van der Waals surface area contributed by atoms with Crippen LogP contribution in [0.4, 0.5) is 0 Å². The quantitative estimate of drug-likeness (QED) is 0.475. The molecule has 0 aromatic carbocycles. The third kappa shape index (κ3) is 7.97. The Morgan fingerprint density at radius 2 is 1.36 bits per heavy atom. The highest BCUT2D eigenvalue weighted by Crippen LogP contribution is 2.26. The average molecular weight is 313 g/mol. The molecule has 0 radical (unpaired) electrons. The number of rotatable bonds is 14. The molecule has 0 aliphatic rings. The molecule has 0 rings (SSSR count). The standard InChI is InChI=1S/C20H44N2/c1-8-13-18(11-4)20(21-6)19(12-5)14-15-22(7)16-17(9-2)10-3/h17-21H,8-16H2,1-7H3. The van der Waals surface area contributed by atoms with Gasteiger partial charge in [0, 0.05) is 12.6 Å². The summed E-state index contributed by atoms with van der Waals surface area (Å²) in [4.78, 5) is 2.56. The van der Waals surface area contributed by atoms with E-state index in [1.54, 1.807) is 0 Å². The Labute approximate surface area is 141 Å². The zero-order valence-electron chi connectivity index (χ0n) is 16.6. The lowest BCUT2D eigenvalue weighted by Gasteiger charge is -2.34. The predicted molar refractivity (Wildman–Crippen MR) is 102 cm³/mol. The molecule has 134 valence electrons. The maximum absolute atomic E-state index is 3.66. The van der Waals surface area contributed by atoms with E-state index < -0.39 is 0 Å². The fourth-order valence-electron chi connectivity index (χ4n) is 3.97. The minimum Gasteiger partial charge on any atom is -0.316 e. The number of nitrogens with zero attached hydrogens (tertiary/aromatic N) is 1. The summed E-state index contributed by atoms with van der Waals surface area (Å²) >= 11 is 0. The third-order valence-corrected chi connectivity index (χ3v) is 5.66. The monoisotopic (exact) mass is 312 g/mol. The first-order valence-corrected chi connectivity index (χ1v) is 9.93. The van der Waals surface area contributed by atoms with Crippen molar-refractivity contribution in [2.24, 2.45) is 17.8 Å². The normalized spacial score (nSPS) is 16.2. The molecule has 2 heteroatoms. The van der Waals surface area contributed by atoms with Gasteiger partial charge in [0.15, 0.2) is 0 Å². The molecule has 0 spiro atoms. The highest BCUT2D eigenvalue weighted by atomic mass is 15.1. The van der Waals surface area contributed by atoms with Gasteiger partial charge in [0.2, 0.25) is 0 Å². The molecule has 0 saturated carbocycles. The summed E-state index contributed by atoms with van der Waals surface area (Å²) in [7, 11) is 4.47. The predicted octanol–water partition coefficient (Wildman–Crippen LogP) is 5.19. The maximum atomic E-state index is 3.66. The Balaban J connectivity index is 4.48. The molecule has 0 saturated heterocycles. The molecule has 0 heterocycles. The molecule has 0 aliphatic carbocycles. The molecule has 2 nitrogen and oxygen atoms in total. The van der Waals surface area contributed by atoms with Crippen LogP contribution in [0.2, 0.25) is 0 Å². The van der Waals surface area contributed by atoms with Gasteiger partial charge in [-0.3, -0.25) is 0 Å². The van der Waals surface area contributed by atoms with E-state index in [1.807, 2.05) is 0 Å². The molecule has 1 N–H and O–H groups in total. The molecular formula is C20H44N2. The smallest absolute Gasteiger partial charge is 0.0121 e. The fourth-order valence-corrected chi connectivity index (χ4v) is 3.97. The lowest BCUT2D eigenvalue weighted by Crippen LogP contribution is -2.41. The summed E-state index contributed by atoms with van der Waals surface area (Å²) < 4.78 is 0. The Kier molecular flexibility index (Phi) is 13.3. The summed E-state index contributed by atoms with van der Waals surface area (Å²) in [6.07, 6.45) is 9.23. The van der Waals surface area contributed by atoms with Gasteiger partial charge in [-0.25, -0.2) is 0 Å². The van der Waals surface area contributed by atoms with Crippen LogP contribution in [0.25, 0.3) is 0 Å². The van der Waals surface area contributed by atoms with Crippen molar-refractivity contribution in [2.75, 3.05) is 27.2 Å². The molecule has 0 aromatic heterocycles. The SMILES string of the molecule is CCCC(CC)C(NC)C(CC)CCN(C)CC(CC)CC. The zero-order valence-corrected chi connectivity index (χ0v) is 16.6. The van der Waals surface area contributed by atoms with Crippen molar-refractivity contribution < 1.29 is 0 Å². The molecule has 0 bridgehead atoms. The highest BCUT2D eigenvalue weighted by Gasteiger charge is 2.25. The van der Waals surface area contributed by atoms with Gasteiger partial charge in [-0.1, -0.05) is 66.7 Å². The Hall–Kier alpha value is -0.0800. The van der Waals surface area contributed by atoms with Crippen LogP contribution in [0.1, 0.15) is 79.6 Å². The van der Waals surface area contributed by atoms with Gasteiger partial charge < -0.3 is 10.2 Å². The summed E-state index contributed by atoms with van der Waals surface area (Å²) in [6, 6.07) is 0.691.